The number of halogens is 1. The van der Waals surface area contributed by atoms with Gasteiger partial charge in [-0.05, 0) is 34.2 Å². The Bertz CT molecular complexity index is 440. The molecule has 0 radical (unpaired) electrons. The number of rotatable bonds is 3. The number of nitrogens with zero attached hydrogens (tertiary/aromatic N) is 2. The predicted molar refractivity (Wildman–Crippen MR) is 61.7 cm³/mol. The van der Waals surface area contributed by atoms with Crippen molar-refractivity contribution in [3.8, 4) is 11.8 Å². The van der Waals surface area contributed by atoms with Crippen molar-refractivity contribution < 1.29 is 9.66 Å². The molecule has 0 atom stereocenters. The minimum absolute atomic E-state index is 0.0800. The molecule has 0 spiro atoms. The van der Waals surface area contributed by atoms with Crippen molar-refractivity contribution in [3.05, 3.63) is 31.4 Å². The summed E-state index contributed by atoms with van der Waals surface area (Å²) in [6.45, 7) is 0. The predicted octanol–water partition coefficient (Wildman–Crippen LogP) is 2.27. The van der Waals surface area contributed by atoms with Gasteiger partial charge in [0.05, 0.1) is 24.5 Å². The zero-order valence-electron chi connectivity index (χ0n) is 7.86. The van der Waals surface area contributed by atoms with Crippen LogP contribution >= 0.6 is 22.6 Å². The van der Waals surface area contributed by atoms with E-state index in [1.54, 1.807) is 0 Å². The molecule has 0 saturated heterocycles. The monoisotopic (exact) mass is 318 g/mol. The number of hydrogen-bond acceptors (Lipinski definition) is 4. The second-order valence-electron chi connectivity index (χ2n) is 2.71. The van der Waals surface area contributed by atoms with Crippen LogP contribution in [0.3, 0.4) is 0 Å². The van der Waals surface area contributed by atoms with E-state index in [0.717, 1.165) is 5.56 Å². The molecule has 1 rings (SSSR count). The Morgan fingerprint density at radius 1 is 1.67 bits per heavy atom. The number of benzene rings is 1. The zero-order valence-corrected chi connectivity index (χ0v) is 10.0. The quantitative estimate of drug-likeness (QED) is 0.487. The van der Waals surface area contributed by atoms with Crippen molar-refractivity contribution in [1.29, 1.82) is 5.26 Å². The van der Waals surface area contributed by atoms with Crippen LogP contribution in [-0.2, 0) is 6.42 Å². The summed E-state index contributed by atoms with van der Waals surface area (Å²) < 4.78 is 5.59. The maximum atomic E-state index is 10.7. The van der Waals surface area contributed by atoms with Crippen LogP contribution in [0, 0.1) is 25.0 Å². The Kier molecular flexibility index (Phi) is 3.85. The van der Waals surface area contributed by atoms with Crippen LogP contribution in [0.1, 0.15) is 5.56 Å². The Morgan fingerprint density at radius 2 is 2.33 bits per heavy atom. The van der Waals surface area contributed by atoms with Crippen LogP contribution in [0.2, 0.25) is 0 Å². The van der Waals surface area contributed by atoms with Crippen molar-refractivity contribution >= 4 is 28.3 Å². The van der Waals surface area contributed by atoms with Gasteiger partial charge in [0.2, 0.25) is 0 Å². The van der Waals surface area contributed by atoms with Crippen LogP contribution in [0.5, 0.6) is 5.75 Å². The van der Waals surface area contributed by atoms with Gasteiger partial charge in [0.25, 0.3) is 0 Å². The highest BCUT2D eigenvalue weighted by molar-refractivity contribution is 14.1. The first kappa shape index (κ1) is 11.7. The Labute approximate surface area is 99.9 Å². The molecule has 0 aliphatic carbocycles. The van der Waals surface area contributed by atoms with Gasteiger partial charge >= 0.3 is 5.69 Å². The van der Waals surface area contributed by atoms with Gasteiger partial charge in [0.1, 0.15) is 0 Å². The average molecular weight is 318 g/mol. The molecule has 5 nitrogen and oxygen atoms in total. The van der Waals surface area contributed by atoms with Gasteiger partial charge in [0, 0.05) is 9.64 Å². The average Bonchev–Trinajstić information content (AvgIpc) is 2.20. The molecule has 0 amide bonds. The van der Waals surface area contributed by atoms with Crippen molar-refractivity contribution in [2.24, 2.45) is 0 Å². The molecule has 0 aliphatic heterocycles. The van der Waals surface area contributed by atoms with E-state index < -0.39 is 4.92 Å². The van der Waals surface area contributed by atoms with Crippen molar-refractivity contribution in [1.82, 2.24) is 0 Å². The van der Waals surface area contributed by atoms with E-state index in [1.165, 1.54) is 19.2 Å². The van der Waals surface area contributed by atoms with Gasteiger partial charge in [-0.3, -0.25) is 10.1 Å². The van der Waals surface area contributed by atoms with Gasteiger partial charge in [-0.15, -0.1) is 0 Å². The molecule has 0 aliphatic rings. The normalized spacial score (nSPS) is 9.40. The third-order valence-corrected chi connectivity index (χ3v) is 2.82. The molecule has 0 aromatic heterocycles. The number of nitro benzene ring substituents is 1. The number of hydrogen-bond donors (Lipinski definition) is 0. The zero-order chi connectivity index (χ0) is 11.4. The lowest BCUT2D eigenvalue weighted by Gasteiger charge is -2.05. The van der Waals surface area contributed by atoms with E-state index in [0.29, 0.717) is 3.57 Å². The van der Waals surface area contributed by atoms with Gasteiger partial charge in [-0.25, -0.2) is 0 Å². The Hall–Kier alpha value is -1.36. The minimum atomic E-state index is -0.503. The molecule has 1 aromatic rings. The third kappa shape index (κ3) is 2.56. The van der Waals surface area contributed by atoms with E-state index in [2.05, 4.69) is 0 Å². The topological polar surface area (TPSA) is 76.2 Å². The third-order valence-electron chi connectivity index (χ3n) is 1.81. The van der Waals surface area contributed by atoms with E-state index >= 15 is 0 Å². The SMILES string of the molecule is COc1cc(CC#N)c(I)cc1[N+](=O)[O-]. The number of nitriles is 1. The molecular weight excluding hydrogens is 311 g/mol. The molecule has 78 valence electrons. The summed E-state index contributed by atoms with van der Waals surface area (Å²) in [4.78, 5) is 10.2. The van der Waals surface area contributed by atoms with Crippen LogP contribution < -0.4 is 4.74 Å². The van der Waals surface area contributed by atoms with E-state index in [-0.39, 0.29) is 17.9 Å². The highest BCUT2D eigenvalue weighted by atomic mass is 127. The summed E-state index contributed by atoms with van der Waals surface area (Å²) in [7, 11) is 1.37. The van der Waals surface area contributed by atoms with Crippen LogP contribution in [0.15, 0.2) is 12.1 Å². The lowest BCUT2D eigenvalue weighted by atomic mass is 10.1. The maximum absolute atomic E-state index is 10.7. The fourth-order valence-electron chi connectivity index (χ4n) is 1.11. The van der Waals surface area contributed by atoms with Gasteiger partial charge in [-0.2, -0.15) is 5.26 Å². The highest BCUT2D eigenvalue weighted by Crippen LogP contribution is 2.31. The lowest BCUT2D eigenvalue weighted by molar-refractivity contribution is -0.385. The summed E-state index contributed by atoms with van der Waals surface area (Å²) in [6, 6.07) is 4.93. The summed E-state index contributed by atoms with van der Waals surface area (Å²) >= 11 is 1.96. The first-order valence-electron chi connectivity index (χ1n) is 3.98. The molecule has 6 heteroatoms. The maximum Gasteiger partial charge on any atom is 0.311 e. The second kappa shape index (κ2) is 4.93. The summed E-state index contributed by atoms with van der Waals surface area (Å²) in [5.74, 6) is 0.186. The first-order chi connectivity index (χ1) is 7.10. The molecular formula is C9H7IN2O3. The van der Waals surface area contributed by atoms with E-state index in [4.69, 9.17) is 10.00 Å². The van der Waals surface area contributed by atoms with E-state index in [1.807, 2.05) is 28.7 Å². The highest BCUT2D eigenvalue weighted by Gasteiger charge is 2.17. The number of nitro groups is 1. The molecule has 0 N–H and O–H groups in total. The van der Waals surface area contributed by atoms with Crippen molar-refractivity contribution in [3.63, 3.8) is 0 Å². The van der Waals surface area contributed by atoms with Gasteiger partial charge in [-0.1, -0.05) is 0 Å². The minimum Gasteiger partial charge on any atom is -0.490 e. The van der Waals surface area contributed by atoms with Crippen LogP contribution in [-0.4, -0.2) is 12.0 Å². The van der Waals surface area contributed by atoms with Crippen LogP contribution in [0.4, 0.5) is 5.69 Å². The summed E-state index contributed by atoms with van der Waals surface area (Å²) in [5, 5.41) is 19.2. The van der Waals surface area contributed by atoms with Crippen molar-refractivity contribution in [2.45, 2.75) is 6.42 Å². The van der Waals surface area contributed by atoms with Crippen molar-refractivity contribution in [2.75, 3.05) is 7.11 Å². The fraction of sp³-hybridized carbons (Fsp3) is 0.222. The molecule has 0 unspecified atom stereocenters. The Balaban J connectivity index is 3.30. The molecule has 0 bridgehead atoms. The lowest BCUT2D eigenvalue weighted by Crippen LogP contribution is -1.97. The Morgan fingerprint density at radius 3 is 2.80 bits per heavy atom. The van der Waals surface area contributed by atoms with E-state index in [9.17, 15) is 10.1 Å². The number of methoxy groups -OCH3 is 1. The summed E-state index contributed by atoms with van der Waals surface area (Å²) in [5.41, 5.74) is 0.657. The smallest absolute Gasteiger partial charge is 0.311 e. The number of ether oxygens (including phenoxy) is 1. The fourth-order valence-corrected chi connectivity index (χ4v) is 1.75. The molecule has 1 aromatic carbocycles. The second-order valence-corrected chi connectivity index (χ2v) is 3.87. The first-order valence-corrected chi connectivity index (χ1v) is 5.05. The largest absolute Gasteiger partial charge is 0.490 e. The van der Waals surface area contributed by atoms with Gasteiger partial charge < -0.3 is 4.74 Å². The molecule has 0 fully saturated rings. The standard InChI is InChI=1S/C9H7IN2O3/c1-15-9-4-6(2-3-11)7(10)5-8(9)12(13)14/h4-5H,2H2,1H3. The molecule has 15 heavy (non-hydrogen) atoms. The summed E-state index contributed by atoms with van der Waals surface area (Å²) in [6.07, 6.45) is 0.215. The molecule has 0 saturated carbocycles. The molecule has 0 heterocycles. The van der Waals surface area contributed by atoms with Crippen LogP contribution in [0.25, 0.3) is 0 Å². The van der Waals surface area contributed by atoms with Gasteiger partial charge in [0.15, 0.2) is 5.75 Å².